The van der Waals surface area contributed by atoms with Crippen LogP contribution in [0.15, 0.2) is 0 Å². The summed E-state index contributed by atoms with van der Waals surface area (Å²) in [5.74, 6) is -1.30. The molecule has 1 fully saturated rings. The zero-order chi connectivity index (χ0) is 19.2. The Morgan fingerprint density at radius 3 is 2.35 bits per heavy atom. The van der Waals surface area contributed by atoms with Crippen molar-refractivity contribution in [1.82, 2.24) is 14.6 Å². The van der Waals surface area contributed by atoms with Crippen molar-refractivity contribution < 1.29 is 13.2 Å². The lowest BCUT2D eigenvalue weighted by Crippen LogP contribution is -2.27. The van der Waals surface area contributed by atoms with Crippen LogP contribution in [0.4, 0.5) is 13.2 Å². The summed E-state index contributed by atoms with van der Waals surface area (Å²) in [6, 6.07) is 2.13. The van der Waals surface area contributed by atoms with Crippen LogP contribution in [0.5, 0.6) is 0 Å². The lowest BCUT2D eigenvalue weighted by atomic mass is 9.79. The molecule has 140 valence electrons. The molecule has 0 radical (unpaired) electrons. The molecule has 2 aromatic heterocycles. The highest BCUT2D eigenvalue weighted by Crippen LogP contribution is 2.43. The SMILES string of the molecule is Cc1nc2c(C#N)c([C@H]3CC[C@H](C(F)(F)F)CC3)nn2c(Cl)c1C(C)C. The van der Waals surface area contributed by atoms with E-state index in [0.717, 1.165) is 11.3 Å². The van der Waals surface area contributed by atoms with E-state index in [1.807, 2.05) is 20.8 Å². The molecule has 26 heavy (non-hydrogen) atoms. The molecule has 8 heteroatoms. The molecule has 0 amide bonds. The van der Waals surface area contributed by atoms with Crippen LogP contribution in [0.25, 0.3) is 5.65 Å². The molecule has 0 aromatic carbocycles. The van der Waals surface area contributed by atoms with Crippen LogP contribution >= 0.6 is 11.6 Å². The maximum absolute atomic E-state index is 12.9. The third kappa shape index (κ3) is 3.16. The van der Waals surface area contributed by atoms with Gasteiger partial charge in [-0.15, -0.1) is 0 Å². The molecule has 0 unspecified atom stereocenters. The monoisotopic (exact) mass is 384 g/mol. The molecule has 0 atom stereocenters. The van der Waals surface area contributed by atoms with Gasteiger partial charge in [0, 0.05) is 17.2 Å². The van der Waals surface area contributed by atoms with Gasteiger partial charge in [0.15, 0.2) is 5.65 Å². The van der Waals surface area contributed by atoms with E-state index in [2.05, 4.69) is 16.2 Å². The van der Waals surface area contributed by atoms with E-state index in [-0.39, 0.29) is 24.7 Å². The van der Waals surface area contributed by atoms with Gasteiger partial charge in [-0.3, -0.25) is 0 Å². The zero-order valence-electron chi connectivity index (χ0n) is 14.9. The van der Waals surface area contributed by atoms with Gasteiger partial charge in [0.2, 0.25) is 0 Å². The summed E-state index contributed by atoms with van der Waals surface area (Å²) in [4.78, 5) is 4.51. The molecule has 2 aromatic rings. The van der Waals surface area contributed by atoms with E-state index < -0.39 is 12.1 Å². The topological polar surface area (TPSA) is 54.0 Å². The molecule has 0 saturated heterocycles. The first-order valence-electron chi connectivity index (χ1n) is 8.70. The van der Waals surface area contributed by atoms with Crippen LogP contribution in [0.3, 0.4) is 0 Å². The molecule has 2 heterocycles. The predicted molar refractivity (Wildman–Crippen MR) is 92.3 cm³/mol. The fraction of sp³-hybridized carbons (Fsp3) is 0.611. The van der Waals surface area contributed by atoms with E-state index in [9.17, 15) is 18.4 Å². The van der Waals surface area contributed by atoms with Gasteiger partial charge >= 0.3 is 6.18 Å². The van der Waals surface area contributed by atoms with Gasteiger partial charge in [-0.05, 0) is 38.5 Å². The number of rotatable bonds is 2. The number of nitrogens with zero attached hydrogens (tertiary/aromatic N) is 4. The van der Waals surface area contributed by atoms with Crippen LogP contribution in [0.1, 0.15) is 73.9 Å². The van der Waals surface area contributed by atoms with E-state index in [4.69, 9.17) is 11.6 Å². The van der Waals surface area contributed by atoms with Gasteiger partial charge in [0.05, 0.1) is 11.6 Å². The van der Waals surface area contributed by atoms with E-state index in [1.165, 1.54) is 4.52 Å². The third-order valence-corrected chi connectivity index (χ3v) is 5.59. The molecule has 0 aliphatic heterocycles. The fourth-order valence-electron chi connectivity index (χ4n) is 3.89. The van der Waals surface area contributed by atoms with Crippen molar-refractivity contribution in [3.8, 4) is 6.07 Å². The summed E-state index contributed by atoms with van der Waals surface area (Å²) >= 11 is 6.51. The van der Waals surface area contributed by atoms with E-state index in [0.29, 0.717) is 34.9 Å². The van der Waals surface area contributed by atoms with Gasteiger partial charge in [-0.2, -0.15) is 23.5 Å². The van der Waals surface area contributed by atoms with Crippen LogP contribution in [0.2, 0.25) is 5.15 Å². The number of hydrogen-bond donors (Lipinski definition) is 0. The molecule has 0 N–H and O–H groups in total. The number of fused-ring (bicyclic) bond motifs is 1. The Bertz CT molecular complexity index is 871. The lowest BCUT2D eigenvalue weighted by molar-refractivity contribution is -0.182. The molecular formula is C18H20ClF3N4. The van der Waals surface area contributed by atoms with Crippen molar-refractivity contribution in [2.75, 3.05) is 0 Å². The number of aryl methyl sites for hydroxylation is 1. The summed E-state index contributed by atoms with van der Waals surface area (Å²) in [5, 5.41) is 14.5. The Labute approximate surface area is 155 Å². The normalized spacial score (nSPS) is 21.3. The van der Waals surface area contributed by atoms with Crippen molar-refractivity contribution in [3.05, 3.63) is 27.7 Å². The molecular weight excluding hydrogens is 365 g/mol. The minimum atomic E-state index is -4.16. The van der Waals surface area contributed by atoms with Gasteiger partial charge in [0.1, 0.15) is 16.8 Å². The molecule has 3 rings (SSSR count). The second kappa shape index (κ2) is 6.73. The number of hydrogen-bond acceptors (Lipinski definition) is 3. The number of alkyl halides is 3. The molecule has 0 bridgehead atoms. The standard InChI is InChI=1S/C18H20ClF3N4/c1-9(2)14-10(3)24-17-13(8-23)15(25-26(17)16(14)19)11-4-6-12(7-5-11)18(20,21)22/h9,11-12H,4-7H2,1-3H3/t11-,12-. The molecule has 1 aliphatic carbocycles. The van der Waals surface area contributed by atoms with Crippen LogP contribution in [0, 0.1) is 24.2 Å². The maximum atomic E-state index is 12.9. The van der Waals surface area contributed by atoms with Crippen LogP contribution < -0.4 is 0 Å². The van der Waals surface area contributed by atoms with E-state index in [1.54, 1.807) is 0 Å². The first kappa shape index (κ1) is 19.0. The lowest BCUT2D eigenvalue weighted by Gasteiger charge is -2.29. The maximum Gasteiger partial charge on any atom is 0.391 e. The minimum absolute atomic E-state index is 0.0599. The number of halogens is 4. The molecule has 1 aliphatic rings. The summed E-state index contributed by atoms with van der Waals surface area (Å²) in [6.07, 6.45) is -3.32. The molecule has 1 saturated carbocycles. The van der Waals surface area contributed by atoms with Crippen molar-refractivity contribution in [2.45, 2.75) is 64.5 Å². The smallest absolute Gasteiger partial charge is 0.232 e. The highest BCUT2D eigenvalue weighted by molar-refractivity contribution is 6.30. The first-order chi connectivity index (χ1) is 12.1. The Morgan fingerprint density at radius 1 is 1.23 bits per heavy atom. The summed E-state index contributed by atoms with van der Waals surface area (Å²) in [5.41, 5.74) is 2.82. The largest absolute Gasteiger partial charge is 0.391 e. The van der Waals surface area contributed by atoms with Crippen LogP contribution in [-0.2, 0) is 0 Å². The quantitative estimate of drug-likeness (QED) is 0.640. The van der Waals surface area contributed by atoms with Gasteiger partial charge in [0.25, 0.3) is 0 Å². The number of aromatic nitrogens is 3. The highest BCUT2D eigenvalue weighted by atomic mass is 35.5. The Balaban J connectivity index is 2.03. The molecule has 0 spiro atoms. The third-order valence-electron chi connectivity index (χ3n) is 5.23. The minimum Gasteiger partial charge on any atom is -0.232 e. The predicted octanol–water partition coefficient (Wildman–Crippen LogP) is 5.52. The Hall–Kier alpha value is -1.81. The summed E-state index contributed by atoms with van der Waals surface area (Å²) < 4.78 is 40.2. The van der Waals surface area contributed by atoms with E-state index >= 15 is 0 Å². The van der Waals surface area contributed by atoms with Crippen molar-refractivity contribution in [1.29, 1.82) is 5.26 Å². The van der Waals surface area contributed by atoms with Crippen LogP contribution in [-0.4, -0.2) is 20.8 Å². The number of nitriles is 1. The summed E-state index contributed by atoms with van der Waals surface area (Å²) in [7, 11) is 0. The fourth-order valence-corrected chi connectivity index (χ4v) is 4.36. The zero-order valence-corrected chi connectivity index (χ0v) is 15.6. The second-order valence-electron chi connectivity index (χ2n) is 7.25. The van der Waals surface area contributed by atoms with Crippen molar-refractivity contribution in [2.24, 2.45) is 5.92 Å². The Kier molecular flexibility index (Phi) is 4.91. The second-order valence-corrected chi connectivity index (χ2v) is 7.61. The van der Waals surface area contributed by atoms with Crippen molar-refractivity contribution in [3.63, 3.8) is 0 Å². The molecule has 4 nitrogen and oxygen atoms in total. The Morgan fingerprint density at radius 2 is 1.85 bits per heavy atom. The summed E-state index contributed by atoms with van der Waals surface area (Å²) in [6.45, 7) is 5.83. The average molecular weight is 385 g/mol. The van der Waals surface area contributed by atoms with Gasteiger partial charge in [-0.1, -0.05) is 25.4 Å². The van der Waals surface area contributed by atoms with Gasteiger partial charge in [-0.25, -0.2) is 9.50 Å². The highest BCUT2D eigenvalue weighted by Gasteiger charge is 2.42. The first-order valence-corrected chi connectivity index (χ1v) is 9.08. The van der Waals surface area contributed by atoms with Crippen molar-refractivity contribution >= 4 is 17.2 Å². The average Bonchev–Trinajstić information content (AvgIpc) is 2.92. The van der Waals surface area contributed by atoms with Gasteiger partial charge < -0.3 is 0 Å².